The molecule has 0 heterocycles. The van der Waals surface area contributed by atoms with Crippen LogP contribution in [-0.4, -0.2) is 97.5 Å². The van der Waals surface area contributed by atoms with Gasteiger partial charge in [0, 0.05) is 0 Å². The number of nitrogens with zero attached hydrogens (tertiary/aromatic N) is 3. The second-order valence-electron chi connectivity index (χ2n) is 30.6. The Bertz CT molecular complexity index is 988. The summed E-state index contributed by atoms with van der Waals surface area (Å²) in [4.78, 5) is 7.73. The highest BCUT2D eigenvalue weighted by molar-refractivity contribution is 6.30. The van der Waals surface area contributed by atoms with Gasteiger partial charge in [-0.25, -0.2) is 0 Å². The minimum atomic E-state index is -2.17. The Labute approximate surface area is 598 Å². The summed E-state index contributed by atoms with van der Waals surface area (Å²) < 4.78 is 0. The van der Waals surface area contributed by atoms with E-state index in [0.29, 0.717) is 0 Å². The second kappa shape index (κ2) is 97.0. The van der Waals surface area contributed by atoms with Gasteiger partial charge in [0.05, 0.1) is 0 Å². The molecule has 0 unspecified atom stereocenters. The van der Waals surface area contributed by atoms with Gasteiger partial charge in [0.2, 0.25) is 0 Å². The molecule has 0 atom stereocenters. The van der Waals surface area contributed by atoms with Crippen LogP contribution in [0.15, 0.2) is 0 Å². The van der Waals surface area contributed by atoms with Gasteiger partial charge >= 0.3 is 7.32 Å². The van der Waals surface area contributed by atoms with Crippen LogP contribution in [-0.2, 0) is 0 Å². The molecule has 0 amide bonds. The molecular weight excluding hydrogens is 1150 g/mol. The van der Waals surface area contributed by atoms with Gasteiger partial charge in [-0.05, 0) is 98.9 Å². The summed E-state index contributed by atoms with van der Waals surface area (Å²) >= 11 is 0. The third-order valence-electron chi connectivity index (χ3n) is 20.4. The topological polar surface area (TPSA) is 70.4 Å². The average molecular weight is 1330 g/mol. The Hall–Kier alpha value is -0.175. The maximum atomic E-state index is 7.17. The molecule has 0 spiro atoms. The van der Waals surface area contributed by atoms with E-state index in [0.717, 1.165) is 0 Å². The van der Waals surface area contributed by atoms with Crippen LogP contribution in [0.1, 0.15) is 504 Å². The van der Waals surface area contributed by atoms with Crippen molar-refractivity contribution in [1.29, 1.82) is 0 Å². The standard InChI is InChI=1S/3C29H61N.BH3O3/c3*1-4-6-8-10-12-14-16-18-20-22-24-26-28-30(3)29-27-25-23-21-19-17-15-13-11-9-7-5-2;2-1(3)4/h3*4-29H2,1-3H3;2-4H. The van der Waals surface area contributed by atoms with Crippen LogP contribution in [0.3, 0.4) is 0 Å². The summed E-state index contributed by atoms with van der Waals surface area (Å²) in [5.41, 5.74) is 0. The summed E-state index contributed by atoms with van der Waals surface area (Å²) in [5.74, 6) is 0. The van der Waals surface area contributed by atoms with Gasteiger partial charge in [0.15, 0.2) is 0 Å². The summed E-state index contributed by atoms with van der Waals surface area (Å²) in [6.45, 7) is 21.7. The van der Waals surface area contributed by atoms with Crippen molar-refractivity contribution in [3.05, 3.63) is 0 Å². The van der Waals surface area contributed by atoms with E-state index in [2.05, 4.69) is 77.4 Å². The summed E-state index contributed by atoms with van der Waals surface area (Å²) in [6.07, 6.45) is 105. The Kier molecular flexibility index (Phi) is 103. The predicted molar refractivity (Wildman–Crippen MR) is 431 cm³/mol. The molecule has 0 fully saturated rings. The zero-order chi connectivity index (χ0) is 69.5. The monoisotopic (exact) mass is 1330 g/mol. The number of unbranched alkanes of at least 4 members (excludes halogenated alkanes) is 66. The number of hydrogen-bond donors (Lipinski definition) is 3. The van der Waals surface area contributed by atoms with E-state index >= 15 is 0 Å². The average Bonchev–Trinajstić information content (AvgIpc) is 3.67. The molecule has 0 aromatic rings. The Morgan fingerprint density at radius 3 is 0.277 bits per heavy atom. The van der Waals surface area contributed by atoms with Crippen LogP contribution in [0.4, 0.5) is 0 Å². The van der Waals surface area contributed by atoms with Crippen LogP contribution < -0.4 is 0 Å². The van der Waals surface area contributed by atoms with Crippen LogP contribution in [0.5, 0.6) is 0 Å². The van der Waals surface area contributed by atoms with Crippen molar-refractivity contribution in [2.75, 3.05) is 60.4 Å². The van der Waals surface area contributed by atoms with Crippen molar-refractivity contribution in [3.63, 3.8) is 0 Å². The van der Waals surface area contributed by atoms with Crippen molar-refractivity contribution in [2.24, 2.45) is 0 Å². The highest BCUT2D eigenvalue weighted by Gasteiger charge is 2.04. The smallest absolute Gasteiger partial charge is 0.402 e. The first kappa shape index (κ1) is 100. The molecule has 0 aromatic carbocycles. The lowest BCUT2D eigenvalue weighted by Gasteiger charge is -2.16. The Balaban J connectivity index is -0.000000627. The van der Waals surface area contributed by atoms with Crippen LogP contribution in [0.25, 0.3) is 0 Å². The fourth-order valence-electron chi connectivity index (χ4n) is 13.7. The lowest BCUT2D eigenvalue weighted by atomic mass is 10.0. The summed E-state index contributed by atoms with van der Waals surface area (Å²) in [6, 6.07) is 0. The zero-order valence-corrected chi connectivity index (χ0v) is 67.4. The third kappa shape index (κ3) is 108. The van der Waals surface area contributed by atoms with Crippen molar-refractivity contribution in [3.8, 4) is 0 Å². The van der Waals surface area contributed by atoms with E-state index in [4.69, 9.17) is 15.1 Å². The largest absolute Gasteiger partial charge is 0.631 e. The van der Waals surface area contributed by atoms with Crippen molar-refractivity contribution < 1.29 is 15.1 Å². The highest BCUT2D eigenvalue weighted by Crippen LogP contribution is 2.19. The van der Waals surface area contributed by atoms with E-state index in [1.807, 2.05) is 0 Å². The van der Waals surface area contributed by atoms with Gasteiger partial charge in [-0.2, -0.15) is 0 Å². The zero-order valence-electron chi connectivity index (χ0n) is 67.4. The number of rotatable bonds is 78. The lowest BCUT2D eigenvalue weighted by molar-refractivity contribution is 0.278. The molecule has 94 heavy (non-hydrogen) atoms. The molecule has 7 heteroatoms. The molecule has 0 bridgehead atoms. The van der Waals surface area contributed by atoms with E-state index in [1.165, 1.54) is 502 Å². The number of hydrogen-bond acceptors (Lipinski definition) is 6. The molecule has 3 N–H and O–H groups in total. The first-order valence-corrected chi connectivity index (χ1v) is 44.3. The van der Waals surface area contributed by atoms with Crippen molar-refractivity contribution in [2.45, 2.75) is 504 Å². The Morgan fingerprint density at radius 1 is 0.138 bits per heavy atom. The highest BCUT2D eigenvalue weighted by atomic mass is 16.5. The Morgan fingerprint density at radius 2 is 0.202 bits per heavy atom. The second-order valence-corrected chi connectivity index (χ2v) is 30.6. The normalized spacial score (nSPS) is 11.4. The molecule has 0 radical (unpaired) electrons. The van der Waals surface area contributed by atoms with Crippen LogP contribution in [0.2, 0.25) is 0 Å². The van der Waals surface area contributed by atoms with Crippen molar-refractivity contribution >= 4 is 7.32 Å². The third-order valence-corrected chi connectivity index (χ3v) is 20.4. The maximum absolute atomic E-state index is 7.17. The van der Waals surface area contributed by atoms with E-state index in [-0.39, 0.29) is 0 Å². The van der Waals surface area contributed by atoms with Crippen LogP contribution >= 0.6 is 0 Å². The van der Waals surface area contributed by atoms with E-state index in [9.17, 15) is 0 Å². The lowest BCUT2D eigenvalue weighted by Crippen LogP contribution is -2.20. The molecule has 0 rings (SSSR count). The minimum absolute atomic E-state index is 1.31. The minimum Gasteiger partial charge on any atom is -0.402 e. The summed E-state index contributed by atoms with van der Waals surface area (Å²) in [7, 11) is 4.82. The van der Waals surface area contributed by atoms with Crippen molar-refractivity contribution in [1.82, 2.24) is 14.7 Å². The van der Waals surface area contributed by atoms with Gasteiger partial charge in [0.1, 0.15) is 0 Å². The summed E-state index contributed by atoms with van der Waals surface area (Å²) in [5, 5.41) is 21.5. The fraction of sp³-hybridized carbons (Fsp3) is 1.00. The molecule has 0 aliphatic carbocycles. The maximum Gasteiger partial charge on any atom is 0.631 e. The SMILES string of the molecule is CCCCCCCCCCCCCCN(C)CCCCCCCCCCCCCC.CCCCCCCCCCCCCCN(C)CCCCCCCCCCCCCC.CCCCCCCCCCCCCCN(C)CCCCCCCCCCCCCC.OB(O)O. The van der Waals surface area contributed by atoms with Gasteiger partial charge < -0.3 is 29.8 Å². The predicted octanol–water partition coefficient (Wildman–Crippen LogP) is 28.9. The van der Waals surface area contributed by atoms with E-state index < -0.39 is 7.32 Å². The first-order valence-electron chi connectivity index (χ1n) is 44.3. The van der Waals surface area contributed by atoms with Crippen LogP contribution in [0, 0.1) is 0 Å². The molecular formula is C87H186BN3O3. The fourth-order valence-corrected chi connectivity index (χ4v) is 13.7. The van der Waals surface area contributed by atoms with Gasteiger partial charge in [-0.1, -0.05) is 465 Å². The molecule has 570 valence electrons. The van der Waals surface area contributed by atoms with Gasteiger partial charge in [0.25, 0.3) is 0 Å². The van der Waals surface area contributed by atoms with Gasteiger partial charge in [-0.15, -0.1) is 0 Å². The molecule has 6 nitrogen and oxygen atoms in total. The molecule has 0 aliphatic rings. The van der Waals surface area contributed by atoms with E-state index in [1.54, 1.807) is 0 Å². The quantitative estimate of drug-likeness (QED) is 0.0416. The molecule has 0 saturated carbocycles. The molecule has 0 saturated heterocycles. The van der Waals surface area contributed by atoms with Gasteiger partial charge in [-0.3, -0.25) is 0 Å². The molecule has 0 aliphatic heterocycles. The first-order chi connectivity index (χ1) is 46.2. The molecule has 0 aromatic heterocycles.